The van der Waals surface area contributed by atoms with Crippen LogP contribution in [-0.2, 0) is 10.3 Å². The van der Waals surface area contributed by atoms with Crippen molar-refractivity contribution in [3.63, 3.8) is 0 Å². The summed E-state index contributed by atoms with van der Waals surface area (Å²) in [7, 11) is 0. The van der Waals surface area contributed by atoms with Gasteiger partial charge in [-0.05, 0) is 58.2 Å². The van der Waals surface area contributed by atoms with Crippen LogP contribution in [0.25, 0.3) is 10.9 Å². The molecule has 2 heterocycles. The maximum atomic E-state index is 12.9. The van der Waals surface area contributed by atoms with Gasteiger partial charge in [-0.3, -0.25) is 9.78 Å². The molecule has 0 saturated carbocycles. The summed E-state index contributed by atoms with van der Waals surface area (Å²) < 4.78 is 5.97. The molecular formula is C22H23N3O2S2. The van der Waals surface area contributed by atoms with Crippen molar-refractivity contribution in [3.8, 4) is 18.1 Å². The molecule has 0 bridgehead atoms. The molecular weight excluding hydrogens is 402 g/mol. The van der Waals surface area contributed by atoms with Gasteiger partial charge in [-0.25, -0.2) is 4.98 Å². The second-order valence-electron chi connectivity index (χ2n) is 7.18. The number of benzene rings is 1. The number of rotatable bonds is 6. The lowest BCUT2D eigenvalue weighted by Gasteiger charge is -2.26. The number of amides is 1. The number of thiazole rings is 1. The van der Waals surface area contributed by atoms with E-state index in [2.05, 4.69) is 21.2 Å². The average molecular weight is 426 g/mol. The van der Waals surface area contributed by atoms with Gasteiger partial charge in [-0.2, -0.15) is 0 Å². The number of pyridine rings is 1. The lowest BCUT2D eigenvalue weighted by molar-refractivity contribution is -0.126. The van der Waals surface area contributed by atoms with Crippen LogP contribution in [0.15, 0.2) is 30.5 Å². The van der Waals surface area contributed by atoms with Crippen LogP contribution in [-0.4, -0.2) is 27.6 Å². The highest BCUT2D eigenvalue weighted by Gasteiger charge is 2.31. The molecule has 3 rings (SSSR count). The molecule has 1 unspecified atom stereocenters. The molecule has 0 aliphatic heterocycles. The van der Waals surface area contributed by atoms with E-state index >= 15 is 0 Å². The Labute approximate surface area is 179 Å². The van der Waals surface area contributed by atoms with Gasteiger partial charge < -0.3 is 10.1 Å². The van der Waals surface area contributed by atoms with Gasteiger partial charge in [-0.15, -0.1) is 29.5 Å². The SMILES string of the molecule is C#Cc1cnc2ccc(OC(SC)C(=O)NC(C)(C)c3nc(C)c(C)s3)cc2c1. The van der Waals surface area contributed by atoms with Crippen LogP contribution in [0.3, 0.4) is 0 Å². The Hall–Kier alpha value is -2.56. The van der Waals surface area contributed by atoms with Crippen LogP contribution in [0.1, 0.15) is 35.0 Å². The Balaban J connectivity index is 1.77. The van der Waals surface area contributed by atoms with Crippen LogP contribution >= 0.6 is 23.1 Å². The third-order valence-corrected chi connectivity index (χ3v) is 6.62. The van der Waals surface area contributed by atoms with E-state index < -0.39 is 11.0 Å². The summed E-state index contributed by atoms with van der Waals surface area (Å²) in [5.41, 5.74) is 1.22. The molecule has 3 aromatic rings. The first kappa shape index (κ1) is 21.2. The lowest BCUT2D eigenvalue weighted by Crippen LogP contribution is -2.46. The number of nitrogens with zero attached hydrogens (tertiary/aromatic N) is 2. The van der Waals surface area contributed by atoms with E-state index in [9.17, 15) is 4.79 Å². The zero-order valence-corrected chi connectivity index (χ0v) is 18.7. The van der Waals surface area contributed by atoms with Crippen LogP contribution in [0.2, 0.25) is 0 Å². The predicted octanol–water partition coefficient (Wildman–Crippen LogP) is 4.41. The zero-order valence-electron chi connectivity index (χ0n) is 17.1. The minimum atomic E-state index is -0.697. The van der Waals surface area contributed by atoms with Crippen molar-refractivity contribution in [1.29, 1.82) is 0 Å². The number of carbonyl (C=O) groups excluding carboxylic acids is 1. The summed E-state index contributed by atoms with van der Waals surface area (Å²) >= 11 is 2.93. The number of aryl methyl sites for hydroxylation is 2. The molecule has 0 fully saturated rings. The third-order valence-electron chi connectivity index (χ3n) is 4.49. The Morgan fingerprint density at radius 3 is 2.72 bits per heavy atom. The monoisotopic (exact) mass is 425 g/mol. The highest BCUT2D eigenvalue weighted by Crippen LogP contribution is 2.28. The number of fused-ring (bicyclic) bond motifs is 1. The molecule has 1 atom stereocenters. The van der Waals surface area contributed by atoms with Crippen molar-refractivity contribution >= 4 is 39.9 Å². The van der Waals surface area contributed by atoms with Gasteiger partial charge in [0.05, 0.1) is 16.7 Å². The first-order valence-electron chi connectivity index (χ1n) is 9.06. The van der Waals surface area contributed by atoms with Gasteiger partial charge in [0.15, 0.2) is 0 Å². The summed E-state index contributed by atoms with van der Waals surface area (Å²) in [6, 6.07) is 7.38. The largest absolute Gasteiger partial charge is 0.470 e. The third kappa shape index (κ3) is 4.72. The molecule has 0 aliphatic rings. The summed E-state index contributed by atoms with van der Waals surface area (Å²) in [5, 5.41) is 4.81. The van der Waals surface area contributed by atoms with E-state index in [0.29, 0.717) is 11.3 Å². The van der Waals surface area contributed by atoms with Crippen molar-refractivity contribution in [3.05, 3.63) is 51.6 Å². The van der Waals surface area contributed by atoms with Crippen molar-refractivity contribution < 1.29 is 9.53 Å². The number of hydrogen-bond donors (Lipinski definition) is 1. The van der Waals surface area contributed by atoms with Gasteiger partial charge in [0.25, 0.3) is 5.91 Å². The molecule has 0 spiro atoms. The topological polar surface area (TPSA) is 64.1 Å². The van der Waals surface area contributed by atoms with E-state index in [1.165, 1.54) is 11.8 Å². The van der Waals surface area contributed by atoms with Crippen molar-refractivity contribution in [2.75, 3.05) is 6.26 Å². The maximum Gasteiger partial charge on any atom is 0.272 e. The quantitative estimate of drug-likeness (QED) is 0.468. The molecule has 29 heavy (non-hydrogen) atoms. The second kappa shape index (κ2) is 8.44. The van der Waals surface area contributed by atoms with Crippen LogP contribution in [0.4, 0.5) is 0 Å². The van der Waals surface area contributed by atoms with Crippen molar-refractivity contribution in [2.45, 2.75) is 38.7 Å². The fraction of sp³-hybridized carbons (Fsp3) is 0.318. The minimum Gasteiger partial charge on any atom is -0.470 e. The molecule has 1 amide bonds. The number of aromatic nitrogens is 2. The van der Waals surface area contributed by atoms with Gasteiger partial charge in [-0.1, -0.05) is 5.92 Å². The van der Waals surface area contributed by atoms with Crippen LogP contribution in [0.5, 0.6) is 5.75 Å². The first-order chi connectivity index (χ1) is 13.7. The Kier molecular flexibility index (Phi) is 6.15. The Bertz CT molecular complexity index is 1080. The van der Waals surface area contributed by atoms with Crippen molar-refractivity contribution in [1.82, 2.24) is 15.3 Å². The summed E-state index contributed by atoms with van der Waals surface area (Å²) in [6.07, 6.45) is 8.96. The fourth-order valence-electron chi connectivity index (χ4n) is 2.75. The summed E-state index contributed by atoms with van der Waals surface area (Å²) in [4.78, 5) is 23.0. The molecule has 150 valence electrons. The molecule has 0 aliphatic carbocycles. The molecule has 2 aromatic heterocycles. The number of nitrogens with one attached hydrogen (secondary N) is 1. The van der Waals surface area contributed by atoms with Crippen LogP contribution < -0.4 is 10.1 Å². The lowest BCUT2D eigenvalue weighted by atomic mass is 10.1. The van der Waals surface area contributed by atoms with E-state index in [1.807, 2.05) is 52.1 Å². The van der Waals surface area contributed by atoms with E-state index in [4.69, 9.17) is 11.2 Å². The summed E-state index contributed by atoms with van der Waals surface area (Å²) in [5.74, 6) is 2.96. The smallest absolute Gasteiger partial charge is 0.272 e. The highest BCUT2D eigenvalue weighted by molar-refractivity contribution is 7.99. The fourth-order valence-corrected chi connectivity index (χ4v) is 4.21. The van der Waals surface area contributed by atoms with Gasteiger partial charge in [0.2, 0.25) is 5.44 Å². The standard InChI is InChI=1S/C22H23N3O2S2/c1-7-15-10-16-11-17(8-9-18(16)23-12-15)27-20(28-6)19(26)25-22(4,5)21-24-13(2)14(3)29-21/h1,8-12,20H,2-6H3,(H,25,26). The van der Waals surface area contributed by atoms with E-state index in [1.54, 1.807) is 23.6 Å². The van der Waals surface area contributed by atoms with Crippen LogP contribution in [0, 0.1) is 26.2 Å². The second-order valence-corrected chi connectivity index (χ2v) is 9.29. The molecule has 1 aromatic carbocycles. The van der Waals surface area contributed by atoms with Gasteiger partial charge in [0.1, 0.15) is 10.8 Å². The predicted molar refractivity (Wildman–Crippen MR) is 120 cm³/mol. The highest BCUT2D eigenvalue weighted by atomic mass is 32.2. The Morgan fingerprint density at radius 1 is 1.34 bits per heavy atom. The number of hydrogen-bond acceptors (Lipinski definition) is 6. The van der Waals surface area contributed by atoms with E-state index in [-0.39, 0.29) is 5.91 Å². The maximum absolute atomic E-state index is 12.9. The van der Waals surface area contributed by atoms with Gasteiger partial charge >= 0.3 is 0 Å². The normalized spacial score (nSPS) is 12.4. The number of thioether (sulfide) groups is 1. The van der Waals surface area contributed by atoms with Gasteiger partial charge in [0, 0.05) is 22.0 Å². The van der Waals surface area contributed by atoms with E-state index in [0.717, 1.165) is 26.5 Å². The molecule has 5 nitrogen and oxygen atoms in total. The zero-order chi connectivity index (χ0) is 21.2. The Morgan fingerprint density at radius 2 is 2.10 bits per heavy atom. The first-order valence-corrected chi connectivity index (χ1v) is 11.2. The number of carbonyl (C=O) groups is 1. The minimum absolute atomic E-state index is 0.205. The molecule has 7 heteroatoms. The number of ether oxygens (including phenoxy) is 1. The average Bonchev–Trinajstić information content (AvgIpc) is 3.04. The van der Waals surface area contributed by atoms with Crippen molar-refractivity contribution in [2.24, 2.45) is 0 Å². The molecule has 0 saturated heterocycles. The molecule has 0 radical (unpaired) electrons. The molecule has 1 N–H and O–H groups in total. The number of terminal acetylenes is 1. The summed E-state index contributed by atoms with van der Waals surface area (Å²) in [6.45, 7) is 7.90.